The van der Waals surface area contributed by atoms with Gasteiger partial charge >= 0.3 is 5.97 Å². The number of ether oxygens (including phenoxy) is 1. The van der Waals surface area contributed by atoms with Crippen molar-refractivity contribution in [2.45, 2.75) is 6.92 Å². The molecule has 0 aliphatic heterocycles. The second kappa shape index (κ2) is 12.8. The number of hydrogen-bond donors (Lipinski definition) is 6. The SMILES string of the molecule is CS(=O)(=O)O.CS(=O)(=O)O.Cc1cc(C(=O)Oc2ccc3cc(C(=N)N)ccc3c2)ccc1N=C(N)N. The number of nitrogens with two attached hydrogens (primary N) is 3. The van der Waals surface area contributed by atoms with Crippen LogP contribution in [0.1, 0.15) is 21.5 Å². The lowest BCUT2D eigenvalue weighted by Gasteiger charge is -2.08. The topological polar surface area (TPSA) is 249 Å². The molecule has 37 heavy (non-hydrogen) atoms. The number of carbonyl (C=O) groups is 1. The highest BCUT2D eigenvalue weighted by atomic mass is 32.2. The molecule has 200 valence electrons. The summed E-state index contributed by atoms with van der Waals surface area (Å²) in [5.74, 6) is -0.0902. The maximum atomic E-state index is 12.4. The molecule has 9 N–H and O–H groups in total. The predicted octanol–water partition coefficient (Wildman–Crippen LogP) is 1.56. The predicted molar refractivity (Wildman–Crippen MR) is 142 cm³/mol. The highest BCUT2D eigenvalue weighted by Gasteiger charge is 2.11. The van der Waals surface area contributed by atoms with E-state index in [4.69, 9.17) is 36.5 Å². The van der Waals surface area contributed by atoms with Crippen LogP contribution in [0, 0.1) is 12.3 Å². The summed E-state index contributed by atoms with van der Waals surface area (Å²) in [6, 6.07) is 15.6. The van der Waals surface area contributed by atoms with Gasteiger partial charge in [0.2, 0.25) is 0 Å². The van der Waals surface area contributed by atoms with E-state index >= 15 is 0 Å². The van der Waals surface area contributed by atoms with Crippen LogP contribution in [0.25, 0.3) is 10.8 Å². The van der Waals surface area contributed by atoms with Gasteiger partial charge in [0, 0.05) is 5.56 Å². The van der Waals surface area contributed by atoms with Crippen LogP contribution in [0.3, 0.4) is 0 Å². The molecule has 0 aliphatic rings. The fraction of sp³-hybridized carbons (Fsp3) is 0.136. The lowest BCUT2D eigenvalue weighted by atomic mass is 10.1. The summed E-state index contributed by atoms with van der Waals surface area (Å²) in [5, 5.41) is 9.28. The third-order valence-corrected chi connectivity index (χ3v) is 4.02. The Morgan fingerprint density at radius 2 is 1.32 bits per heavy atom. The number of nitrogens with one attached hydrogen (secondary N) is 1. The van der Waals surface area contributed by atoms with Crippen molar-refractivity contribution in [2.24, 2.45) is 22.2 Å². The standard InChI is InChI=1S/C20H19N5O2.2CH4O3S/c1-11-8-15(5-7-17(11)25-20(23)24)19(26)27-16-6-4-12-9-14(18(21)22)3-2-13(12)10-16;2*1-5(2,3)4/h2-10H,1H3,(H3,21,22)(H4,23,24,25);2*1H3,(H,2,3,4). The van der Waals surface area contributed by atoms with Crippen LogP contribution >= 0.6 is 0 Å². The summed E-state index contributed by atoms with van der Waals surface area (Å²) in [6.45, 7) is 1.81. The van der Waals surface area contributed by atoms with Crippen LogP contribution in [0.5, 0.6) is 5.75 Å². The summed E-state index contributed by atoms with van der Waals surface area (Å²) in [5.41, 5.74) is 18.7. The third kappa shape index (κ3) is 13.0. The van der Waals surface area contributed by atoms with Crippen molar-refractivity contribution < 1.29 is 35.5 Å². The van der Waals surface area contributed by atoms with E-state index in [0.29, 0.717) is 35.1 Å². The number of amidine groups is 1. The Morgan fingerprint density at radius 1 is 0.838 bits per heavy atom. The third-order valence-electron chi connectivity index (χ3n) is 4.02. The maximum absolute atomic E-state index is 12.4. The summed E-state index contributed by atoms with van der Waals surface area (Å²) in [6.07, 6.45) is 1.43. The van der Waals surface area contributed by atoms with E-state index in [-0.39, 0.29) is 11.8 Å². The zero-order chi connectivity index (χ0) is 28.6. The highest BCUT2D eigenvalue weighted by molar-refractivity contribution is 7.85. The van der Waals surface area contributed by atoms with Crippen molar-refractivity contribution >= 4 is 54.5 Å². The Labute approximate surface area is 214 Å². The molecule has 0 heterocycles. The number of nitrogen functional groups attached to an aromatic ring is 1. The minimum absolute atomic E-state index is 0.00643. The monoisotopic (exact) mass is 553 g/mol. The largest absolute Gasteiger partial charge is 0.423 e. The van der Waals surface area contributed by atoms with Gasteiger partial charge in [-0.3, -0.25) is 14.5 Å². The van der Waals surface area contributed by atoms with Crippen molar-refractivity contribution in [1.29, 1.82) is 5.41 Å². The van der Waals surface area contributed by atoms with Gasteiger partial charge in [0.05, 0.1) is 23.8 Å². The van der Waals surface area contributed by atoms with Crippen LogP contribution in [0.15, 0.2) is 59.6 Å². The van der Waals surface area contributed by atoms with E-state index in [1.54, 1.807) is 43.3 Å². The van der Waals surface area contributed by atoms with E-state index < -0.39 is 26.2 Å². The second-order valence-corrected chi connectivity index (χ2v) is 10.5. The summed E-state index contributed by atoms with van der Waals surface area (Å²) in [4.78, 5) is 16.4. The molecule has 15 heteroatoms. The number of carbonyl (C=O) groups excluding carboxylic acids is 1. The fourth-order valence-electron chi connectivity index (χ4n) is 2.67. The number of guanidine groups is 1. The minimum Gasteiger partial charge on any atom is -0.423 e. The lowest BCUT2D eigenvalue weighted by molar-refractivity contribution is 0.0735. The first-order valence-corrected chi connectivity index (χ1v) is 13.7. The van der Waals surface area contributed by atoms with Crippen molar-refractivity contribution in [3.63, 3.8) is 0 Å². The van der Waals surface area contributed by atoms with Crippen LogP contribution < -0.4 is 21.9 Å². The zero-order valence-electron chi connectivity index (χ0n) is 20.0. The molecule has 0 bridgehead atoms. The Bertz CT molecular complexity index is 1500. The number of esters is 1. The first-order chi connectivity index (χ1) is 16.8. The Morgan fingerprint density at radius 3 is 1.81 bits per heavy atom. The molecule has 3 aromatic rings. The fourth-order valence-corrected chi connectivity index (χ4v) is 2.67. The molecular weight excluding hydrogens is 526 g/mol. The average molecular weight is 554 g/mol. The molecule has 0 aromatic heterocycles. The van der Waals surface area contributed by atoms with Crippen molar-refractivity contribution in [1.82, 2.24) is 0 Å². The molecule has 3 aromatic carbocycles. The molecule has 0 aliphatic carbocycles. The number of nitrogens with zero attached hydrogens (tertiary/aromatic N) is 1. The minimum atomic E-state index is -3.67. The van der Waals surface area contributed by atoms with Gasteiger partial charge in [-0.15, -0.1) is 0 Å². The molecule has 0 amide bonds. The highest BCUT2D eigenvalue weighted by Crippen LogP contribution is 2.24. The van der Waals surface area contributed by atoms with Gasteiger partial charge in [-0.25, -0.2) is 9.79 Å². The first kappa shape index (κ1) is 31.0. The van der Waals surface area contributed by atoms with Crippen LogP contribution in [0.4, 0.5) is 5.69 Å². The van der Waals surface area contributed by atoms with Gasteiger partial charge in [0.15, 0.2) is 5.96 Å². The molecule has 0 saturated carbocycles. The van der Waals surface area contributed by atoms with Crippen LogP contribution in [0.2, 0.25) is 0 Å². The van der Waals surface area contributed by atoms with E-state index in [1.165, 1.54) is 0 Å². The Hall–Kier alpha value is -4.05. The average Bonchev–Trinajstić information content (AvgIpc) is 2.72. The van der Waals surface area contributed by atoms with Crippen LogP contribution in [-0.2, 0) is 20.2 Å². The normalized spacial score (nSPS) is 10.7. The number of benzene rings is 3. The molecule has 0 fully saturated rings. The quantitative estimate of drug-likeness (QED) is 0.0888. The molecule has 0 unspecified atom stereocenters. The molecular formula is C22H27N5O8S2. The zero-order valence-corrected chi connectivity index (χ0v) is 21.7. The van der Waals surface area contributed by atoms with Crippen LogP contribution in [-0.4, -0.2) is 56.2 Å². The van der Waals surface area contributed by atoms with E-state index in [9.17, 15) is 21.6 Å². The number of fused-ring (bicyclic) bond motifs is 1. The second-order valence-electron chi connectivity index (χ2n) is 7.53. The molecule has 0 spiro atoms. The number of aryl methyl sites for hydroxylation is 1. The Kier molecular flexibility index (Phi) is 10.7. The lowest BCUT2D eigenvalue weighted by Crippen LogP contribution is -2.22. The molecule has 0 atom stereocenters. The van der Waals surface area contributed by atoms with Gasteiger partial charge in [-0.2, -0.15) is 16.8 Å². The molecule has 3 rings (SSSR count). The molecule has 0 saturated heterocycles. The van der Waals surface area contributed by atoms with E-state index in [1.807, 2.05) is 18.2 Å². The Balaban J connectivity index is 0.000000583. The smallest absolute Gasteiger partial charge is 0.343 e. The number of hydrogen-bond acceptors (Lipinski definition) is 8. The van der Waals surface area contributed by atoms with E-state index in [2.05, 4.69) is 4.99 Å². The van der Waals surface area contributed by atoms with Crippen molar-refractivity contribution in [2.75, 3.05) is 12.5 Å². The molecule has 0 radical (unpaired) electrons. The maximum Gasteiger partial charge on any atom is 0.343 e. The van der Waals surface area contributed by atoms with E-state index in [0.717, 1.165) is 16.3 Å². The van der Waals surface area contributed by atoms with Gasteiger partial charge < -0.3 is 21.9 Å². The summed E-state index contributed by atoms with van der Waals surface area (Å²) in [7, 11) is -7.33. The number of rotatable bonds is 4. The summed E-state index contributed by atoms with van der Waals surface area (Å²) < 4.78 is 57.2. The van der Waals surface area contributed by atoms with Crippen molar-refractivity contribution in [3.05, 3.63) is 71.3 Å². The first-order valence-electron chi connectivity index (χ1n) is 9.99. The van der Waals surface area contributed by atoms with Gasteiger partial charge in [-0.1, -0.05) is 18.2 Å². The van der Waals surface area contributed by atoms with Gasteiger partial charge in [0.25, 0.3) is 20.2 Å². The molecule has 13 nitrogen and oxygen atoms in total. The number of aliphatic imine (C=N–C) groups is 1. The van der Waals surface area contributed by atoms with Crippen molar-refractivity contribution in [3.8, 4) is 5.75 Å². The summed E-state index contributed by atoms with van der Waals surface area (Å²) >= 11 is 0. The van der Waals surface area contributed by atoms with Gasteiger partial charge in [-0.05, 0) is 59.7 Å². The van der Waals surface area contributed by atoms with Gasteiger partial charge in [0.1, 0.15) is 11.6 Å².